The van der Waals surface area contributed by atoms with Crippen molar-refractivity contribution in [1.29, 1.82) is 0 Å². The number of carbonyl (C=O) groups excluding carboxylic acids is 2. The van der Waals surface area contributed by atoms with Crippen LogP contribution in [0, 0.1) is 0 Å². The molecule has 0 radical (unpaired) electrons. The summed E-state index contributed by atoms with van der Waals surface area (Å²) in [6.45, 7) is 3.61. The molecule has 0 unspecified atom stereocenters. The summed E-state index contributed by atoms with van der Waals surface area (Å²) in [5.74, 6) is 1.29. The van der Waals surface area contributed by atoms with Crippen molar-refractivity contribution in [3.8, 4) is 11.5 Å². The van der Waals surface area contributed by atoms with Crippen LogP contribution in [-0.2, 0) is 17.8 Å². The predicted octanol–water partition coefficient (Wildman–Crippen LogP) is 3.69. The van der Waals surface area contributed by atoms with Crippen LogP contribution in [-0.4, -0.2) is 24.9 Å². The minimum Gasteiger partial charge on any atom is -0.486 e. The summed E-state index contributed by atoms with van der Waals surface area (Å²) >= 11 is 0. The number of Topliss-reactive ketones (excluding diaryl/α,β-unsaturated/α-hetero) is 1. The zero-order valence-electron chi connectivity index (χ0n) is 15.6. The summed E-state index contributed by atoms with van der Waals surface area (Å²) in [5, 5.41) is 2.85. The van der Waals surface area contributed by atoms with Gasteiger partial charge in [0, 0.05) is 24.9 Å². The summed E-state index contributed by atoms with van der Waals surface area (Å²) in [6.07, 6.45) is 2.48. The number of nitrogens with one attached hydrogen (secondary N) is 1. The largest absolute Gasteiger partial charge is 0.486 e. The standard InChI is InChI=1S/C22H25NO4/c1-2-3-16-4-7-18(8-5-16)19(24)9-11-22(25)23-15-17-6-10-20-21(14-17)27-13-12-26-20/h4-8,10,14H,2-3,9,11-13,15H2,1H3,(H,23,25). The number of aryl methyl sites for hydroxylation is 1. The Morgan fingerprint density at radius 2 is 1.63 bits per heavy atom. The van der Waals surface area contributed by atoms with Gasteiger partial charge in [0.15, 0.2) is 17.3 Å². The van der Waals surface area contributed by atoms with E-state index >= 15 is 0 Å². The van der Waals surface area contributed by atoms with Crippen molar-refractivity contribution in [1.82, 2.24) is 5.32 Å². The van der Waals surface area contributed by atoms with Gasteiger partial charge in [-0.05, 0) is 29.7 Å². The van der Waals surface area contributed by atoms with E-state index in [4.69, 9.17) is 9.47 Å². The Bertz CT molecular complexity index is 798. The molecule has 1 heterocycles. The van der Waals surface area contributed by atoms with Crippen molar-refractivity contribution >= 4 is 11.7 Å². The Labute approximate surface area is 159 Å². The predicted molar refractivity (Wildman–Crippen MR) is 103 cm³/mol. The van der Waals surface area contributed by atoms with Crippen LogP contribution >= 0.6 is 0 Å². The monoisotopic (exact) mass is 367 g/mol. The molecule has 0 spiro atoms. The highest BCUT2D eigenvalue weighted by Crippen LogP contribution is 2.30. The smallest absolute Gasteiger partial charge is 0.220 e. The van der Waals surface area contributed by atoms with E-state index in [0.717, 1.165) is 24.2 Å². The van der Waals surface area contributed by atoms with E-state index in [1.54, 1.807) is 0 Å². The third-order valence-corrected chi connectivity index (χ3v) is 4.49. The summed E-state index contributed by atoms with van der Waals surface area (Å²) in [4.78, 5) is 24.3. The molecule has 2 aromatic carbocycles. The SMILES string of the molecule is CCCc1ccc(C(=O)CCC(=O)NCc2ccc3c(c2)OCCO3)cc1. The maximum atomic E-state index is 12.2. The van der Waals surface area contributed by atoms with Crippen molar-refractivity contribution < 1.29 is 19.1 Å². The lowest BCUT2D eigenvalue weighted by atomic mass is 10.0. The second-order valence-electron chi connectivity index (χ2n) is 6.62. The van der Waals surface area contributed by atoms with Crippen LogP contribution in [0.15, 0.2) is 42.5 Å². The fourth-order valence-corrected chi connectivity index (χ4v) is 3.00. The molecule has 2 aromatic rings. The lowest BCUT2D eigenvalue weighted by Crippen LogP contribution is -2.23. The average Bonchev–Trinajstić information content (AvgIpc) is 2.71. The zero-order chi connectivity index (χ0) is 19.1. The highest BCUT2D eigenvalue weighted by atomic mass is 16.6. The number of hydrogen-bond donors (Lipinski definition) is 1. The van der Waals surface area contributed by atoms with Crippen LogP contribution in [0.4, 0.5) is 0 Å². The number of hydrogen-bond acceptors (Lipinski definition) is 4. The highest BCUT2D eigenvalue weighted by Gasteiger charge is 2.13. The van der Waals surface area contributed by atoms with Gasteiger partial charge in [-0.2, -0.15) is 0 Å². The zero-order valence-corrected chi connectivity index (χ0v) is 15.6. The fourth-order valence-electron chi connectivity index (χ4n) is 3.00. The van der Waals surface area contributed by atoms with Gasteiger partial charge in [-0.3, -0.25) is 9.59 Å². The van der Waals surface area contributed by atoms with Gasteiger partial charge in [0.25, 0.3) is 0 Å². The second kappa shape index (κ2) is 9.21. The Kier molecular flexibility index (Phi) is 6.47. The van der Waals surface area contributed by atoms with E-state index in [2.05, 4.69) is 12.2 Å². The van der Waals surface area contributed by atoms with Gasteiger partial charge in [0.1, 0.15) is 13.2 Å². The van der Waals surface area contributed by atoms with Crippen molar-refractivity contribution in [3.63, 3.8) is 0 Å². The molecule has 0 fully saturated rings. The Morgan fingerprint density at radius 1 is 0.926 bits per heavy atom. The van der Waals surface area contributed by atoms with Crippen molar-refractivity contribution in [2.24, 2.45) is 0 Å². The lowest BCUT2D eigenvalue weighted by molar-refractivity contribution is -0.121. The van der Waals surface area contributed by atoms with Crippen molar-refractivity contribution in [2.45, 2.75) is 39.2 Å². The fraction of sp³-hybridized carbons (Fsp3) is 0.364. The van der Waals surface area contributed by atoms with E-state index in [1.165, 1.54) is 5.56 Å². The van der Waals surface area contributed by atoms with Gasteiger partial charge >= 0.3 is 0 Å². The normalized spacial score (nSPS) is 12.5. The summed E-state index contributed by atoms with van der Waals surface area (Å²) < 4.78 is 11.0. The molecule has 1 amide bonds. The first kappa shape index (κ1) is 19.0. The van der Waals surface area contributed by atoms with Crippen LogP contribution in [0.5, 0.6) is 11.5 Å². The molecular weight excluding hydrogens is 342 g/mol. The van der Waals surface area contributed by atoms with E-state index in [9.17, 15) is 9.59 Å². The second-order valence-corrected chi connectivity index (χ2v) is 6.62. The van der Waals surface area contributed by atoms with Crippen molar-refractivity contribution in [2.75, 3.05) is 13.2 Å². The number of ketones is 1. The minimum absolute atomic E-state index is 0.00692. The molecule has 142 valence electrons. The van der Waals surface area contributed by atoms with Gasteiger partial charge in [-0.25, -0.2) is 0 Å². The molecule has 3 rings (SSSR count). The third kappa shape index (κ3) is 5.33. The maximum Gasteiger partial charge on any atom is 0.220 e. The topological polar surface area (TPSA) is 64.6 Å². The number of carbonyl (C=O) groups is 2. The van der Waals surface area contributed by atoms with E-state index < -0.39 is 0 Å². The molecule has 0 aliphatic carbocycles. The van der Waals surface area contributed by atoms with E-state index in [1.807, 2.05) is 42.5 Å². The molecule has 5 heteroatoms. The van der Waals surface area contributed by atoms with Crippen LogP contribution in [0.25, 0.3) is 0 Å². The lowest BCUT2D eigenvalue weighted by Gasteiger charge is -2.19. The van der Waals surface area contributed by atoms with E-state index in [-0.39, 0.29) is 24.5 Å². The first-order chi connectivity index (χ1) is 13.2. The van der Waals surface area contributed by atoms with Crippen LogP contribution in [0.3, 0.4) is 0 Å². The molecule has 0 aromatic heterocycles. The molecular formula is C22H25NO4. The number of benzene rings is 2. The number of rotatable bonds is 8. The van der Waals surface area contributed by atoms with Gasteiger partial charge in [-0.1, -0.05) is 43.7 Å². The molecule has 5 nitrogen and oxygen atoms in total. The molecule has 0 saturated heterocycles. The van der Waals surface area contributed by atoms with Crippen LogP contribution in [0.1, 0.15) is 47.7 Å². The summed E-state index contributed by atoms with van der Waals surface area (Å²) in [7, 11) is 0. The molecule has 0 atom stereocenters. The summed E-state index contributed by atoms with van der Waals surface area (Å²) in [5.41, 5.74) is 2.83. The molecule has 0 saturated carbocycles. The van der Waals surface area contributed by atoms with Crippen LogP contribution in [0.2, 0.25) is 0 Å². The van der Waals surface area contributed by atoms with Gasteiger partial charge in [0.2, 0.25) is 5.91 Å². The van der Waals surface area contributed by atoms with Crippen LogP contribution < -0.4 is 14.8 Å². The maximum absolute atomic E-state index is 12.2. The Balaban J connectivity index is 1.44. The number of ether oxygens (including phenoxy) is 2. The molecule has 0 bridgehead atoms. The Morgan fingerprint density at radius 3 is 2.37 bits per heavy atom. The van der Waals surface area contributed by atoms with Crippen molar-refractivity contribution in [3.05, 3.63) is 59.2 Å². The summed E-state index contributed by atoms with van der Waals surface area (Å²) in [6, 6.07) is 13.3. The first-order valence-corrected chi connectivity index (χ1v) is 9.43. The van der Waals surface area contributed by atoms with Gasteiger partial charge < -0.3 is 14.8 Å². The van der Waals surface area contributed by atoms with Gasteiger partial charge in [0.05, 0.1) is 0 Å². The number of fused-ring (bicyclic) bond motifs is 1. The number of amides is 1. The average molecular weight is 367 g/mol. The molecule has 27 heavy (non-hydrogen) atoms. The van der Waals surface area contributed by atoms with Gasteiger partial charge in [-0.15, -0.1) is 0 Å². The Hall–Kier alpha value is -2.82. The first-order valence-electron chi connectivity index (χ1n) is 9.43. The molecule has 1 aliphatic rings. The highest BCUT2D eigenvalue weighted by molar-refractivity contribution is 5.97. The minimum atomic E-state index is -0.138. The third-order valence-electron chi connectivity index (χ3n) is 4.49. The molecule has 1 N–H and O–H groups in total. The quantitative estimate of drug-likeness (QED) is 0.723. The van der Waals surface area contributed by atoms with E-state index in [0.29, 0.717) is 31.1 Å². The molecule has 1 aliphatic heterocycles.